The van der Waals surface area contributed by atoms with E-state index in [-0.39, 0.29) is 12.5 Å². The number of para-hydroxylation sites is 1. The standard InChI is InChI=1S/C21H26N2O2/c1-2-19-10-6-7-11-20(19)25-17-21(24)23-14-12-22(13-15-23)16-18-8-4-3-5-9-18/h3-11H,2,12-17H2,1H3/p+1. The number of hydrogen-bond donors (Lipinski definition) is 1. The van der Waals surface area contributed by atoms with Gasteiger partial charge in [0.05, 0.1) is 26.2 Å². The Balaban J connectivity index is 1.45. The predicted octanol–water partition coefficient (Wildman–Crippen LogP) is 1.56. The second-order valence-corrected chi connectivity index (χ2v) is 6.54. The summed E-state index contributed by atoms with van der Waals surface area (Å²) in [7, 11) is 0. The summed E-state index contributed by atoms with van der Waals surface area (Å²) in [5.74, 6) is 0.913. The number of carbonyl (C=O) groups is 1. The second kappa shape index (κ2) is 8.67. The zero-order chi connectivity index (χ0) is 17.5. The van der Waals surface area contributed by atoms with Crippen LogP contribution < -0.4 is 9.64 Å². The molecule has 1 fully saturated rings. The monoisotopic (exact) mass is 339 g/mol. The molecule has 0 aliphatic carbocycles. The maximum Gasteiger partial charge on any atom is 0.260 e. The molecule has 25 heavy (non-hydrogen) atoms. The summed E-state index contributed by atoms with van der Waals surface area (Å²) in [5.41, 5.74) is 2.50. The number of carbonyl (C=O) groups excluding carboxylic acids is 1. The molecule has 0 aromatic heterocycles. The predicted molar refractivity (Wildman–Crippen MR) is 98.7 cm³/mol. The van der Waals surface area contributed by atoms with Gasteiger partial charge in [-0.2, -0.15) is 0 Å². The summed E-state index contributed by atoms with van der Waals surface area (Å²) >= 11 is 0. The number of hydrogen-bond acceptors (Lipinski definition) is 2. The SMILES string of the molecule is CCc1ccccc1OCC(=O)N1CC[NH+](Cc2ccccc2)CC1. The van der Waals surface area contributed by atoms with Gasteiger partial charge in [-0.15, -0.1) is 0 Å². The van der Waals surface area contributed by atoms with Crippen molar-refractivity contribution in [1.82, 2.24) is 4.90 Å². The van der Waals surface area contributed by atoms with Crippen LogP contribution >= 0.6 is 0 Å². The molecule has 0 spiro atoms. The third-order valence-electron chi connectivity index (χ3n) is 4.82. The zero-order valence-electron chi connectivity index (χ0n) is 14.9. The molecular weight excluding hydrogens is 312 g/mol. The van der Waals surface area contributed by atoms with Crippen molar-refractivity contribution in [2.45, 2.75) is 19.9 Å². The Morgan fingerprint density at radius 3 is 2.44 bits per heavy atom. The minimum Gasteiger partial charge on any atom is -0.483 e. The number of aryl methyl sites for hydroxylation is 1. The quantitative estimate of drug-likeness (QED) is 0.867. The maximum atomic E-state index is 12.4. The molecule has 4 nitrogen and oxygen atoms in total. The largest absolute Gasteiger partial charge is 0.483 e. The van der Waals surface area contributed by atoms with Gasteiger partial charge in [0, 0.05) is 5.56 Å². The smallest absolute Gasteiger partial charge is 0.260 e. The highest BCUT2D eigenvalue weighted by atomic mass is 16.5. The first-order chi connectivity index (χ1) is 12.3. The molecule has 0 bridgehead atoms. The lowest BCUT2D eigenvalue weighted by molar-refractivity contribution is -0.917. The van der Waals surface area contributed by atoms with Crippen molar-refractivity contribution in [3.8, 4) is 5.75 Å². The normalized spacial score (nSPS) is 15.2. The first-order valence-corrected chi connectivity index (χ1v) is 9.12. The Kier molecular flexibility index (Phi) is 6.07. The number of amides is 1. The van der Waals surface area contributed by atoms with E-state index in [9.17, 15) is 4.79 Å². The van der Waals surface area contributed by atoms with Gasteiger partial charge < -0.3 is 14.5 Å². The summed E-state index contributed by atoms with van der Waals surface area (Å²) in [6.45, 7) is 6.85. The van der Waals surface area contributed by atoms with Gasteiger partial charge in [-0.25, -0.2) is 0 Å². The van der Waals surface area contributed by atoms with Crippen LogP contribution in [0.2, 0.25) is 0 Å². The Bertz CT molecular complexity index is 679. The van der Waals surface area contributed by atoms with Crippen molar-refractivity contribution < 1.29 is 14.4 Å². The minimum absolute atomic E-state index is 0.0877. The summed E-state index contributed by atoms with van der Waals surface area (Å²) in [4.78, 5) is 15.9. The average molecular weight is 339 g/mol. The number of piperazine rings is 1. The molecule has 1 heterocycles. The van der Waals surface area contributed by atoms with E-state index < -0.39 is 0 Å². The van der Waals surface area contributed by atoms with E-state index >= 15 is 0 Å². The van der Waals surface area contributed by atoms with Crippen molar-refractivity contribution in [3.05, 3.63) is 65.7 Å². The third-order valence-corrected chi connectivity index (χ3v) is 4.82. The van der Waals surface area contributed by atoms with Crippen LogP contribution in [0.1, 0.15) is 18.1 Å². The summed E-state index contributed by atoms with van der Waals surface area (Å²) in [6, 6.07) is 18.5. The van der Waals surface area contributed by atoms with Gasteiger partial charge >= 0.3 is 0 Å². The van der Waals surface area contributed by atoms with Crippen molar-refractivity contribution in [1.29, 1.82) is 0 Å². The molecule has 3 rings (SSSR count). The molecule has 0 radical (unpaired) electrons. The first kappa shape index (κ1) is 17.5. The van der Waals surface area contributed by atoms with Gasteiger partial charge in [-0.3, -0.25) is 4.79 Å². The Hall–Kier alpha value is -2.33. The lowest BCUT2D eigenvalue weighted by Gasteiger charge is -2.32. The average Bonchev–Trinajstić information content (AvgIpc) is 2.67. The molecule has 2 aromatic carbocycles. The molecule has 1 N–H and O–H groups in total. The van der Waals surface area contributed by atoms with E-state index in [1.54, 1.807) is 0 Å². The number of benzene rings is 2. The second-order valence-electron chi connectivity index (χ2n) is 6.54. The van der Waals surface area contributed by atoms with Gasteiger partial charge in [0.25, 0.3) is 5.91 Å². The number of quaternary nitrogens is 1. The fourth-order valence-electron chi connectivity index (χ4n) is 3.30. The van der Waals surface area contributed by atoms with Crippen molar-refractivity contribution in [3.63, 3.8) is 0 Å². The fourth-order valence-corrected chi connectivity index (χ4v) is 3.30. The van der Waals surface area contributed by atoms with Crippen LogP contribution in [-0.2, 0) is 17.8 Å². The molecule has 1 amide bonds. The topological polar surface area (TPSA) is 34.0 Å². The summed E-state index contributed by atoms with van der Waals surface area (Å²) in [6.07, 6.45) is 0.909. The van der Waals surface area contributed by atoms with Gasteiger partial charge in [0.2, 0.25) is 0 Å². The number of rotatable bonds is 6. The maximum absolute atomic E-state index is 12.4. The van der Waals surface area contributed by atoms with Crippen molar-refractivity contribution in [2.24, 2.45) is 0 Å². The highest BCUT2D eigenvalue weighted by Crippen LogP contribution is 2.18. The molecule has 1 aliphatic heterocycles. The van der Waals surface area contributed by atoms with Crippen LogP contribution in [0.5, 0.6) is 5.75 Å². The van der Waals surface area contributed by atoms with Crippen molar-refractivity contribution in [2.75, 3.05) is 32.8 Å². The van der Waals surface area contributed by atoms with Crippen LogP contribution in [-0.4, -0.2) is 43.6 Å². The highest BCUT2D eigenvalue weighted by molar-refractivity contribution is 5.77. The van der Waals surface area contributed by atoms with Crippen LogP contribution in [0.15, 0.2) is 54.6 Å². The molecule has 1 saturated heterocycles. The minimum atomic E-state index is 0.0877. The molecule has 132 valence electrons. The molecule has 0 saturated carbocycles. The van der Waals surface area contributed by atoms with Gasteiger partial charge in [-0.05, 0) is 18.1 Å². The van der Waals surface area contributed by atoms with E-state index in [1.165, 1.54) is 10.5 Å². The first-order valence-electron chi connectivity index (χ1n) is 9.12. The number of ether oxygens (including phenoxy) is 1. The zero-order valence-corrected chi connectivity index (χ0v) is 14.9. The van der Waals surface area contributed by atoms with E-state index in [1.807, 2.05) is 35.2 Å². The van der Waals surface area contributed by atoms with Gasteiger partial charge in [0.15, 0.2) is 6.61 Å². The van der Waals surface area contributed by atoms with Crippen LogP contribution in [0.3, 0.4) is 0 Å². The van der Waals surface area contributed by atoms with Crippen LogP contribution in [0.25, 0.3) is 0 Å². The number of nitrogens with zero attached hydrogens (tertiary/aromatic N) is 1. The van der Waals surface area contributed by atoms with Crippen molar-refractivity contribution >= 4 is 5.91 Å². The molecule has 2 aromatic rings. The van der Waals surface area contributed by atoms with E-state index in [0.29, 0.717) is 0 Å². The van der Waals surface area contributed by atoms with Crippen LogP contribution in [0, 0.1) is 0 Å². The highest BCUT2D eigenvalue weighted by Gasteiger charge is 2.24. The number of nitrogens with one attached hydrogen (secondary N) is 1. The van der Waals surface area contributed by atoms with E-state index in [4.69, 9.17) is 4.74 Å². The van der Waals surface area contributed by atoms with Gasteiger partial charge in [0.1, 0.15) is 12.3 Å². The molecule has 1 aliphatic rings. The Morgan fingerprint density at radius 1 is 1.04 bits per heavy atom. The Labute approximate surface area is 150 Å². The lowest BCUT2D eigenvalue weighted by atomic mass is 10.1. The lowest BCUT2D eigenvalue weighted by Crippen LogP contribution is -3.13. The summed E-state index contributed by atoms with van der Waals surface area (Å²) in [5, 5.41) is 0. The van der Waals surface area contributed by atoms with E-state index in [2.05, 4.69) is 31.2 Å². The molecular formula is C21H27N2O2+. The third kappa shape index (κ3) is 4.83. The van der Waals surface area contributed by atoms with Gasteiger partial charge in [-0.1, -0.05) is 55.5 Å². The molecule has 0 atom stereocenters. The van der Waals surface area contributed by atoms with Crippen LogP contribution in [0.4, 0.5) is 0 Å². The summed E-state index contributed by atoms with van der Waals surface area (Å²) < 4.78 is 5.77. The van der Waals surface area contributed by atoms with E-state index in [0.717, 1.165) is 50.5 Å². The molecule has 4 heteroatoms. The Morgan fingerprint density at radius 2 is 1.72 bits per heavy atom. The fraction of sp³-hybridized carbons (Fsp3) is 0.381. The molecule has 0 unspecified atom stereocenters.